The fraction of sp³-hybridized carbons (Fsp3) is 0.562. The van der Waals surface area contributed by atoms with Crippen LogP contribution in [0.5, 0.6) is 0 Å². The molecule has 1 saturated heterocycles. The average molecular weight is 276 g/mol. The highest BCUT2D eigenvalue weighted by molar-refractivity contribution is 5.84. The van der Waals surface area contributed by atoms with Crippen LogP contribution in [-0.2, 0) is 4.74 Å². The van der Waals surface area contributed by atoms with Crippen LogP contribution < -0.4 is 5.32 Å². The van der Waals surface area contributed by atoms with Gasteiger partial charge in [-0.25, -0.2) is 4.79 Å². The fourth-order valence-corrected chi connectivity index (χ4v) is 2.60. The number of aryl methyl sites for hydroxylation is 1. The van der Waals surface area contributed by atoms with Crippen molar-refractivity contribution in [2.24, 2.45) is 0 Å². The summed E-state index contributed by atoms with van der Waals surface area (Å²) in [6.07, 6.45) is 3.36. The third-order valence-electron chi connectivity index (χ3n) is 3.54. The van der Waals surface area contributed by atoms with E-state index in [4.69, 9.17) is 4.74 Å². The number of nitrogens with one attached hydrogen (secondary N) is 1. The van der Waals surface area contributed by atoms with Gasteiger partial charge in [0.2, 0.25) is 0 Å². The van der Waals surface area contributed by atoms with Crippen molar-refractivity contribution in [3.8, 4) is 0 Å². The Bertz CT molecular complexity index is 442. The van der Waals surface area contributed by atoms with Crippen molar-refractivity contribution in [2.45, 2.75) is 39.2 Å². The van der Waals surface area contributed by atoms with Gasteiger partial charge in [0.25, 0.3) is 0 Å². The summed E-state index contributed by atoms with van der Waals surface area (Å²) < 4.78 is 5.41. The molecule has 0 spiro atoms. The van der Waals surface area contributed by atoms with E-state index >= 15 is 0 Å². The Morgan fingerprint density at radius 2 is 2.10 bits per heavy atom. The number of carbonyl (C=O) groups excluding carboxylic acids is 1. The van der Waals surface area contributed by atoms with Crippen LogP contribution in [0.1, 0.15) is 31.7 Å². The van der Waals surface area contributed by atoms with Crippen LogP contribution >= 0.6 is 0 Å². The van der Waals surface area contributed by atoms with E-state index in [1.807, 2.05) is 38.1 Å². The van der Waals surface area contributed by atoms with E-state index in [0.717, 1.165) is 30.9 Å². The highest BCUT2D eigenvalue weighted by Crippen LogP contribution is 2.12. The zero-order valence-corrected chi connectivity index (χ0v) is 12.4. The molecule has 0 saturated carbocycles. The first kappa shape index (κ1) is 14.9. The lowest BCUT2D eigenvalue weighted by atomic mass is 10.1. The number of nitrogens with zero attached hydrogens (tertiary/aromatic N) is 1. The predicted octanol–water partition coefficient (Wildman–Crippen LogP) is 3.42. The molecule has 1 N–H and O–H groups in total. The van der Waals surface area contributed by atoms with Gasteiger partial charge in [0, 0.05) is 12.2 Å². The van der Waals surface area contributed by atoms with E-state index in [2.05, 4.69) is 10.2 Å². The lowest BCUT2D eigenvalue weighted by Crippen LogP contribution is -2.37. The summed E-state index contributed by atoms with van der Waals surface area (Å²) in [4.78, 5) is 14.2. The van der Waals surface area contributed by atoms with E-state index in [9.17, 15) is 4.79 Å². The van der Waals surface area contributed by atoms with Crippen molar-refractivity contribution in [1.82, 2.24) is 4.90 Å². The Morgan fingerprint density at radius 3 is 2.80 bits per heavy atom. The van der Waals surface area contributed by atoms with Crippen molar-refractivity contribution < 1.29 is 9.53 Å². The Hall–Kier alpha value is -1.55. The van der Waals surface area contributed by atoms with Crippen LogP contribution in [0.2, 0.25) is 0 Å². The number of benzene rings is 1. The monoisotopic (exact) mass is 276 g/mol. The molecule has 1 heterocycles. The number of piperidine rings is 1. The molecule has 0 aromatic heterocycles. The average Bonchev–Trinajstić information content (AvgIpc) is 2.39. The van der Waals surface area contributed by atoms with Gasteiger partial charge < -0.3 is 4.74 Å². The number of ether oxygens (including phenoxy) is 1. The topological polar surface area (TPSA) is 41.6 Å². The van der Waals surface area contributed by atoms with Gasteiger partial charge in [-0.15, -0.1) is 0 Å². The van der Waals surface area contributed by atoms with E-state index in [1.165, 1.54) is 19.3 Å². The lowest BCUT2D eigenvalue weighted by Gasteiger charge is -2.28. The number of hydrogen-bond acceptors (Lipinski definition) is 3. The minimum absolute atomic E-state index is 0.0853. The molecule has 1 aliphatic rings. The maximum atomic E-state index is 11.8. The van der Waals surface area contributed by atoms with Crippen LogP contribution in [0.3, 0.4) is 0 Å². The van der Waals surface area contributed by atoms with Gasteiger partial charge in [-0.1, -0.05) is 18.6 Å². The molecule has 1 amide bonds. The highest BCUT2D eigenvalue weighted by Gasteiger charge is 2.16. The van der Waals surface area contributed by atoms with Gasteiger partial charge in [-0.05, 0) is 57.5 Å². The van der Waals surface area contributed by atoms with Crippen LogP contribution in [0.15, 0.2) is 24.3 Å². The molecule has 2 rings (SSSR count). The highest BCUT2D eigenvalue weighted by atomic mass is 16.6. The first-order valence-electron chi connectivity index (χ1n) is 7.40. The van der Waals surface area contributed by atoms with E-state index in [0.29, 0.717) is 0 Å². The molecule has 0 bridgehead atoms. The SMILES string of the molecule is Cc1cccc(NC(=O)O[C@H](C)CN2CCCCC2)c1. The molecule has 20 heavy (non-hydrogen) atoms. The maximum absolute atomic E-state index is 11.8. The number of hydrogen-bond donors (Lipinski definition) is 1. The Labute approximate surface area is 121 Å². The van der Waals surface area contributed by atoms with E-state index in [1.54, 1.807) is 0 Å². The summed E-state index contributed by atoms with van der Waals surface area (Å²) in [5.41, 5.74) is 1.89. The molecular weight excluding hydrogens is 252 g/mol. The third-order valence-corrected chi connectivity index (χ3v) is 3.54. The van der Waals surface area contributed by atoms with Crippen molar-refractivity contribution in [3.63, 3.8) is 0 Å². The fourth-order valence-electron chi connectivity index (χ4n) is 2.60. The van der Waals surface area contributed by atoms with Crippen LogP contribution in [0.25, 0.3) is 0 Å². The molecule has 0 aliphatic carbocycles. The van der Waals surface area contributed by atoms with Gasteiger partial charge in [0.1, 0.15) is 6.10 Å². The zero-order valence-electron chi connectivity index (χ0n) is 12.4. The molecule has 1 aromatic rings. The molecule has 1 aromatic carbocycles. The number of likely N-dealkylation sites (tertiary alicyclic amines) is 1. The summed E-state index contributed by atoms with van der Waals surface area (Å²) in [6.45, 7) is 7.00. The molecule has 1 fully saturated rings. The molecule has 1 aliphatic heterocycles. The summed E-state index contributed by atoms with van der Waals surface area (Å²) in [7, 11) is 0. The largest absolute Gasteiger partial charge is 0.445 e. The van der Waals surface area contributed by atoms with Crippen molar-refractivity contribution in [3.05, 3.63) is 29.8 Å². The standard InChI is InChI=1S/C16H24N2O2/c1-13-7-6-8-15(11-13)17-16(19)20-14(2)12-18-9-4-3-5-10-18/h6-8,11,14H,3-5,9-10,12H2,1-2H3,(H,17,19)/t14-/m1/s1. The van der Waals surface area contributed by atoms with Crippen LogP contribution in [0, 0.1) is 6.92 Å². The number of carbonyl (C=O) groups is 1. The molecule has 110 valence electrons. The number of rotatable bonds is 4. The molecule has 4 nitrogen and oxygen atoms in total. The normalized spacial score (nSPS) is 17.5. The second-order valence-corrected chi connectivity index (χ2v) is 5.57. The van der Waals surface area contributed by atoms with E-state index in [-0.39, 0.29) is 12.2 Å². The summed E-state index contributed by atoms with van der Waals surface area (Å²) in [6, 6.07) is 7.71. The summed E-state index contributed by atoms with van der Waals surface area (Å²) >= 11 is 0. The van der Waals surface area contributed by atoms with E-state index < -0.39 is 0 Å². The lowest BCUT2D eigenvalue weighted by molar-refractivity contribution is 0.0833. The zero-order chi connectivity index (χ0) is 14.4. The number of anilines is 1. The molecule has 0 radical (unpaired) electrons. The molecule has 4 heteroatoms. The third kappa shape index (κ3) is 4.85. The molecular formula is C16H24N2O2. The Kier molecular flexibility index (Phi) is 5.41. The minimum Gasteiger partial charge on any atom is -0.445 e. The smallest absolute Gasteiger partial charge is 0.411 e. The molecule has 0 unspecified atom stereocenters. The van der Waals surface area contributed by atoms with Crippen LogP contribution in [-0.4, -0.2) is 36.7 Å². The first-order valence-corrected chi connectivity index (χ1v) is 7.40. The minimum atomic E-state index is -0.375. The van der Waals surface area contributed by atoms with Crippen molar-refractivity contribution >= 4 is 11.8 Å². The second-order valence-electron chi connectivity index (χ2n) is 5.57. The molecule has 1 atom stereocenters. The Morgan fingerprint density at radius 1 is 1.35 bits per heavy atom. The number of amides is 1. The van der Waals surface area contributed by atoms with Gasteiger partial charge in [-0.2, -0.15) is 0 Å². The maximum Gasteiger partial charge on any atom is 0.411 e. The van der Waals surface area contributed by atoms with Gasteiger partial charge in [0.15, 0.2) is 0 Å². The summed E-state index contributed by atoms with van der Waals surface area (Å²) in [5, 5.41) is 2.77. The summed E-state index contributed by atoms with van der Waals surface area (Å²) in [5.74, 6) is 0. The van der Waals surface area contributed by atoms with Crippen molar-refractivity contribution in [2.75, 3.05) is 25.0 Å². The quantitative estimate of drug-likeness (QED) is 0.916. The van der Waals surface area contributed by atoms with Gasteiger partial charge >= 0.3 is 6.09 Å². The first-order chi connectivity index (χ1) is 9.63. The predicted molar refractivity (Wildman–Crippen MR) is 81.0 cm³/mol. The van der Waals surface area contributed by atoms with Gasteiger partial charge in [-0.3, -0.25) is 10.2 Å². The van der Waals surface area contributed by atoms with Crippen molar-refractivity contribution in [1.29, 1.82) is 0 Å². The second kappa shape index (κ2) is 7.29. The Balaban J connectivity index is 1.75. The van der Waals surface area contributed by atoms with Crippen LogP contribution in [0.4, 0.5) is 10.5 Å². The van der Waals surface area contributed by atoms with Gasteiger partial charge in [0.05, 0.1) is 0 Å².